The SMILES string of the molecule is Cc1ccc(C(C)(CCc2ccccc2)CCN(C)C)cc1. The molecule has 0 amide bonds. The van der Waals surface area contributed by atoms with Crippen molar-refractivity contribution in [1.82, 2.24) is 4.90 Å². The molecule has 0 spiro atoms. The fourth-order valence-corrected chi connectivity index (χ4v) is 2.90. The number of rotatable bonds is 7. The minimum Gasteiger partial charge on any atom is -0.309 e. The third-order valence-corrected chi connectivity index (χ3v) is 4.67. The number of hydrogen-bond donors (Lipinski definition) is 0. The van der Waals surface area contributed by atoms with E-state index in [2.05, 4.69) is 87.4 Å². The summed E-state index contributed by atoms with van der Waals surface area (Å²) in [6.07, 6.45) is 3.52. The molecule has 2 aromatic carbocycles. The smallest absolute Gasteiger partial charge is 0.00164 e. The first-order valence-corrected chi connectivity index (χ1v) is 8.25. The molecule has 0 aromatic heterocycles. The van der Waals surface area contributed by atoms with Crippen LogP contribution in [0.25, 0.3) is 0 Å². The molecule has 1 unspecified atom stereocenters. The predicted molar refractivity (Wildman–Crippen MR) is 96.5 cm³/mol. The van der Waals surface area contributed by atoms with Crippen LogP contribution in [0.4, 0.5) is 0 Å². The molecule has 1 heteroatoms. The predicted octanol–water partition coefficient (Wildman–Crippen LogP) is 4.84. The van der Waals surface area contributed by atoms with E-state index in [1.807, 2.05) is 0 Å². The van der Waals surface area contributed by atoms with Crippen molar-refractivity contribution in [3.05, 3.63) is 71.3 Å². The van der Waals surface area contributed by atoms with Gasteiger partial charge < -0.3 is 4.90 Å². The van der Waals surface area contributed by atoms with Gasteiger partial charge in [-0.1, -0.05) is 67.1 Å². The summed E-state index contributed by atoms with van der Waals surface area (Å²) in [4.78, 5) is 2.29. The summed E-state index contributed by atoms with van der Waals surface area (Å²) in [7, 11) is 4.32. The highest BCUT2D eigenvalue weighted by Gasteiger charge is 2.26. The third kappa shape index (κ3) is 4.71. The van der Waals surface area contributed by atoms with E-state index in [0.29, 0.717) is 0 Å². The quantitative estimate of drug-likeness (QED) is 0.706. The van der Waals surface area contributed by atoms with Gasteiger partial charge in [0.15, 0.2) is 0 Å². The number of nitrogens with zero attached hydrogens (tertiary/aromatic N) is 1. The van der Waals surface area contributed by atoms with Gasteiger partial charge in [-0.3, -0.25) is 0 Å². The van der Waals surface area contributed by atoms with E-state index in [1.165, 1.54) is 29.5 Å². The minimum atomic E-state index is 0.230. The molecule has 2 aromatic rings. The number of hydrogen-bond acceptors (Lipinski definition) is 1. The molecule has 0 aliphatic heterocycles. The Labute approximate surface area is 136 Å². The summed E-state index contributed by atoms with van der Waals surface area (Å²) in [6, 6.07) is 20.0. The first kappa shape index (κ1) is 16.8. The van der Waals surface area contributed by atoms with Crippen LogP contribution < -0.4 is 0 Å². The van der Waals surface area contributed by atoms with Crippen molar-refractivity contribution in [2.75, 3.05) is 20.6 Å². The molecule has 0 aliphatic carbocycles. The Balaban J connectivity index is 2.15. The van der Waals surface area contributed by atoms with Gasteiger partial charge in [-0.25, -0.2) is 0 Å². The van der Waals surface area contributed by atoms with Crippen LogP contribution in [0.5, 0.6) is 0 Å². The average molecular weight is 295 g/mol. The summed E-state index contributed by atoms with van der Waals surface area (Å²) in [6.45, 7) is 5.70. The van der Waals surface area contributed by atoms with Crippen molar-refractivity contribution in [1.29, 1.82) is 0 Å². The summed E-state index contributed by atoms with van der Waals surface area (Å²) >= 11 is 0. The maximum absolute atomic E-state index is 2.42. The van der Waals surface area contributed by atoms with E-state index in [4.69, 9.17) is 0 Å². The summed E-state index contributed by atoms with van der Waals surface area (Å²) < 4.78 is 0. The maximum atomic E-state index is 2.42. The fourth-order valence-electron chi connectivity index (χ4n) is 2.90. The highest BCUT2D eigenvalue weighted by atomic mass is 15.0. The molecule has 0 N–H and O–H groups in total. The van der Waals surface area contributed by atoms with Gasteiger partial charge in [0.05, 0.1) is 0 Å². The minimum absolute atomic E-state index is 0.230. The summed E-state index contributed by atoms with van der Waals surface area (Å²) in [5, 5.41) is 0. The zero-order valence-corrected chi connectivity index (χ0v) is 14.5. The van der Waals surface area contributed by atoms with Crippen LogP contribution in [-0.4, -0.2) is 25.5 Å². The fraction of sp³-hybridized carbons (Fsp3) is 0.429. The van der Waals surface area contributed by atoms with Crippen molar-refractivity contribution in [3.8, 4) is 0 Å². The van der Waals surface area contributed by atoms with Crippen molar-refractivity contribution in [2.45, 2.75) is 38.5 Å². The van der Waals surface area contributed by atoms with Crippen molar-refractivity contribution >= 4 is 0 Å². The molecule has 1 atom stereocenters. The second-order valence-corrected chi connectivity index (χ2v) is 6.97. The van der Waals surface area contributed by atoms with Crippen LogP contribution in [-0.2, 0) is 11.8 Å². The van der Waals surface area contributed by atoms with E-state index in [-0.39, 0.29) is 5.41 Å². The van der Waals surface area contributed by atoms with E-state index >= 15 is 0 Å². The van der Waals surface area contributed by atoms with Crippen LogP contribution >= 0.6 is 0 Å². The van der Waals surface area contributed by atoms with Gasteiger partial charge in [0, 0.05) is 0 Å². The lowest BCUT2D eigenvalue weighted by atomic mass is 9.75. The molecule has 2 rings (SSSR count). The molecule has 0 bridgehead atoms. The van der Waals surface area contributed by atoms with E-state index < -0.39 is 0 Å². The average Bonchev–Trinajstić information content (AvgIpc) is 2.53. The molecule has 0 saturated heterocycles. The zero-order valence-electron chi connectivity index (χ0n) is 14.5. The molecule has 0 aliphatic rings. The second-order valence-electron chi connectivity index (χ2n) is 6.97. The molecule has 0 heterocycles. The monoisotopic (exact) mass is 295 g/mol. The lowest BCUT2D eigenvalue weighted by Crippen LogP contribution is -2.28. The largest absolute Gasteiger partial charge is 0.309 e. The van der Waals surface area contributed by atoms with Crippen LogP contribution in [0.3, 0.4) is 0 Å². The number of aryl methyl sites for hydroxylation is 2. The topological polar surface area (TPSA) is 3.24 Å². The highest BCUT2D eigenvalue weighted by Crippen LogP contribution is 2.33. The Bertz CT molecular complexity index is 556. The Morgan fingerprint density at radius 1 is 0.864 bits per heavy atom. The lowest BCUT2D eigenvalue weighted by Gasteiger charge is -2.32. The van der Waals surface area contributed by atoms with Crippen LogP contribution in [0.2, 0.25) is 0 Å². The van der Waals surface area contributed by atoms with Gasteiger partial charge in [0.1, 0.15) is 0 Å². The molecular formula is C21H29N. The van der Waals surface area contributed by atoms with Gasteiger partial charge in [0.2, 0.25) is 0 Å². The highest BCUT2D eigenvalue weighted by molar-refractivity contribution is 5.29. The molecule has 1 nitrogen and oxygen atoms in total. The van der Waals surface area contributed by atoms with Gasteiger partial charge in [-0.05, 0) is 63.4 Å². The van der Waals surface area contributed by atoms with Gasteiger partial charge in [-0.15, -0.1) is 0 Å². The zero-order chi connectivity index (χ0) is 16.0. The van der Waals surface area contributed by atoms with Crippen LogP contribution in [0, 0.1) is 6.92 Å². The van der Waals surface area contributed by atoms with Gasteiger partial charge in [0.25, 0.3) is 0 Å². The lowest BCUT2D eigenvalue weighted by molar-refractivity contribution is 0.315. The molecule has 0 fully saturated rings. The summed E-state index contributed by atoms with van der Waals surface area (Å²) in [5.41, 5.74) is 4.47. The van der Waals surface area contributed by atoms with E-state index in [9.17, 15) is 0 Å². The Kier molecular flexibility index (Phi) is 5.79. The van der Waals surface area contributed by atoms with Crippen molar-refractivity contribution < 1.29 is 0 Å². The molecule has 0 saturated carbocycles. The molecule has 22 heavy (non-hydrogen) atoms. The van der Waals surface area contributed by atoms with Crippen molar-refractivity contribution in [2.24, 2.45) is 0 Å². The normalized spacial score (nSPS) is 14.0. The van der Waals surface area contributed by atoms with Gasteiger partial charge >= 0.3 is 0 Å². The van der Waals surface area contributed by atoms with E-state index in [0.717, 1.165) is 13.0 Å². The van der Waals surface area contributed by atoms with Gasteiger partial charge in [-0.2, -0.15) is 0 Å². The molecule has 0 radical (unpaired) electrons. The first-order chi connectivity index (χ1) is 10.5. The van der Waals surface area contributed by atoms with Crippen molar-refractivity contribution in [3.63, 3.8) is 0 Å². The molecule has 118 valence electrons. The molecular weight excluding hydrogens is 266 g/mol. The first-order valence-electron chi connectivity index (χ1n) is 8.25. The van der Waals surface area contributed by atoms with Crippen LogP contribution in [0.1, 0.15) is 36.5 Å². The standard InChI is InChI=1S/C21H29N/c1-18-10-12-20(13-11-18)21(2,16-17-22(3)4)15-14-19-8-6-5-7-9-19/h5-13H,14-17H2,1-4H3. The number of benzene rings is 2. The second kappa shape index (κ2) is 7.60. The maximum Gasteiger partial charge on any atom is -0.00164 e. The Morgan fingerprint density at radius 2 is 1.50 bits per heavy atom. The van der Waals surface area contributed by atoms with Crippen LogP contribution in [0.15, 0.2) is 54.6 Å². The Morgan fingerprint density at radius 3 is 2.09 bits per heavy atom. The summed E-state index contributed by atoms with van der Waals surface area (Å²) in [5.74, 6) is 0. The third-order valence-electron chi connectivity index (χ3n) is 4.67. The Hall–Kier alpha value is -1.60. The van der Waals surface area contributed by atoms with E-state index in [1.54, 1.807) is 0 Å².